The standard InChI is InChI=1S/C15H14BrFN2O2/c16-10-1-6-14(17)13(9-10)15(20)19-11-2-4-12(5-3-11)21-8-7-18/h1-6,9H,7-8,18H2,(H,19,20). The minimum atomic E-state index is -0.571. The van der Waals surface area contributed by atoms with E-state index in [0.717, 1.165) is 0 Å². The number of carbonyl (C=O) groups excluding carboxylic acids is 1. The number of hydrogen-bond donors (Lipinski definition) is 2. The first-order valence-corrected chi connectivity index (χ1v) is 7.09. The Morgan fingerprint density at radius 1 is 1.24 bits per heavy atom. The molecule has 0 atom stereocenters. The molecule has 2 aromatic carbocycles. The second-order valence-electron chi connectivity index (χ2n) is 4.24. The molecule has 1 amide bonds. The summed E-state index contributed by atoms with van der Waals surface area (Å²) in [5, 5.41) is 2.63. The molecule has 0 saturated carbocycles. The van der Waals surface area contributed by atoms with Crippen LogP contribution in [0.3, 0.4) is 0 Å². The van der Waals surface area contributed by atoms with E-state index in [1.807, 2.05) is 0 Å². The highest BCUT2D eigenvalue weighted by Crippen LogP contribution is 2.19. The lowest BCUT2D eigenvalue weighted by molar-refractivity contribution is 0.102. The summed E-state index contributed by atoms with van der Waals surface area (Å²) < 4.78 is 19.6. The topological polar surface area (TPSA) is 64.3 Å². The van der Waals surface area contributed by atoms with Crippen LogP contribution in [-0.2, 0) is 0 Å². The Balaban J connectivity index is 2.07. The van der Waals surface area contributed by atoms with Gasteiger partial charge >= 0.3 is 0 Å². The summed E-state index contributed by atoms with van der Waals surface area (Å²) >= 11 is 3.21. The molecule has 0 aliphatic carbocycles. The van der Waals surface area contributed by atoms with Gasteiger partial charge in [-0.05, 0) is 42.5 Å². The molecule has 3 N–H and O–H groups in total. The van der Waals surface area contributed by atoms with Gasteiger partial charge in [-0.25, -0.2) is 4.39 Å². The fourth-order valence-corrected chi connectivity index (χ4v) is 2.04. The molecule has 21 heavy (non-hydrogen) atoms. The summed E-state index contributed by atoms with van der Waals surface area (Å²) in [5.41, 5.74) is 5.88. The zero-order valence-electron chi connectivity index (χ0n) is 11.1. The summed E-state index contributed by atoms with van der Waals surface area (Å²) in [7, 11) is 0. The number of anilines is 1. The number of amides is 1. The number of nitrogens with one attached hydrogen (secondary N) is 1. The number of nitrogens with two attached hydrogens (primary N) is 1. The second kappa shape index (κ2) is 7.19. The van der Waals surface area contributed by atoms with Gasteiger partial charge in [0.15, 0.2) is 0 Å². The van der Waals surface area contributed by atoms with Crippen molar-refractivity contribution in [1.82, 2.24) is 0 Å². The fourth-order valence-electron chi connectivity index (χ4n) is 1.68. The van der Waals surface area contributed by atoms with Crippen LogP contribution in [0.2, 0.25) is 0 Å². The maximum absolute atomic E-state index is 13.6. The smallest absolute Gasteiger partial charge is 0.258 e. The fraction of sp³-hybridized carbons (Fsp3) is 0.133. The molecule has 0 saturated heterocycles. The molecule has 0 aliphatic heterocycles. The molecule has 0 aromatic heterocycles. The third-order valence-corrected chi connectivity index (χ3v) is 3.17. The van der Waals surface area contributed by atoms with Crippen LogP contribution in [0.15, 0.2) is 46.9 Å². The van der Waals surface area contributed by atoms with Crippen molar-refractivity contribution in [2.24, 2.45) is 5.73 Å². The largest absolute Gasteiger partial charge is 0.492 e. The van der Waals surface area contributed by atoms with Gasteiger partial charge < -0.3 is 15.8 Å². The van der Waals surface area contributed by atoms with Crippen LogP contribution in [0.25, 0.3) is 0 Å². The molecular formula is C15H14BrFN2O2. The quantitative estimate of drug-likeness (QED) is 0.868. The van der Waals surface area contributed by atoms with Crippen LogP contribution in [0.4, 0.5) is 10.1 Å². The average molecular weight is 353 g/mol. The highest BCUT2D eigenvalue weighted by molar-refractivity contribution is 9.10. The van der Waals surface area contributed by atoms with Crippen molar-refractivity contribution in [2.45, 2.75) is 0 Å². The molecule has 6 heteroatoms. The molecule has 0 aliphatic rings. The maximum Gasteiger partial charge on any atom is 0.258 e. The lowest BCUT2D eigenvalue weighted by Gasteiger charge is -2.08. The van der Waals surface area contributed by atoms with E-state index in [1.54, 1.807) is 24.3 Å². The first kappa shape index (κ1) is 15.5. The van der Waals surface area contributed by atoms with E-state index in [9.17, 15) is 9.18 Å². The van der Waals surface area contributed by atoms with Gasteiger partial charge in [-0.1, -0.05) is 15.9 Å². The third kappa shape index (κ3) is 4.27. The molecule has 2 rings (SSSR count). The van der Waals surface area contributed by atoms with Crippen LogP contribution in [-0.4, -0.2) is 19.1 Å². The Labute approximate surface area is 130 Å². The zero-order chi connectivity index (χ0) is 15.2. The predicted molar refractivity (Wildman–Crippen MR) is 83.0 cm³/mol. The molecule has 0 fully saturated rings. The number of ether oxygens (including phenoxy) is 1. The number of halogens is 2. The molecule has 0 unspecified atom stereocenters. The van der Waals surface area contributed by atoms with Gasteiger partial charge in [0.05, 0.1) is 5.56 Å². The molecule has 0 heterocycles. The van der Waals surface area contributed by atoms with Crippen LogP contribution < -0.4 is 15.8 Å². The van der Waals surface area contributed by atoms with Crippen LogP contribution in [0.1, 0.15) is 10.4 Å². The van der Waals surface area contributed by atoms with Gasteiger partial charge in [0, 0.05) is 16.7 Å². The van der Waals surface area contributed by atoms with E-state index in [4.69, 9.17) is 10.5 Å². The Bertz CT molecular complexity index is 632. The summed E-state index contributed by atoms with van der Waals surface area (Å²) in [6, 6.07) is 11.0. The lowest BCUT2D eigenvalue weighted by atomic mass is 10.2. The SMILES string of the molecule is NCCOc1ccc(NC(=O)c2cc(Br)ccc2F)cc1. The van der Waals surface area contributed by atoms with Gasteiger partial charge in [0.25, 0.3) is 5.91 Å². The molecular weight excluding hydrogens is 339 g/mol. The second-order valence-corrected chi connectivity index (χ2v) is 5.16. The Morgan fingerprint density at radius 3 is 2.62 bits per heavy atom. The van der Waals surface area contributed by atoms with Crippen LogP contribution in [0, 0.1) is 5.82 Å². The highest BCUT2D eigenvalue weighted by Gasteiger charge is 2.12. The monoisotopic (exact) mass is 352 g/mol. The van der Waals surface area contributed by atoms with Gasteiger partial charge in [-0.2, -0.15) is 0 Å². The van der Waals surface area contributed by atoms with Gasteiger partial charge in [-0.3, -0.25) is 4.79 Å². The lowest BCUT2D eigenvalue weighted by Crippen LogP contribution is -2.14. The van der Waals surface area contributed by atoms with E-state index in [1.165, 1.54) is 18.2 Å². The predicted octanol–water partition coefficient (Wildman–Crippen LogP) is 3.18. The average Bonchev–Trinajstić information content (AvgIpc) is 2.49. The third-order valence-electron chi connectivity index (χ3n) is 2.67. The number of carbonyl (C=O) groups is 1. The Morgan fingerprint density at radius 2 is 1.95 bits per heavy atom. The van der Waals surface area contributed by atoms with Crippen molar-refractivity contribution in [1.29, 1.82) is 0 Å². The van der Waals surface area contributed by atoms with E-state index in [0.29, 0.717) is 29.1 Å². The normalized spacial score (nSPS) is 10.2. The number of rotatable bonds is 5. The first-order valence-electron chi connectivity index (χ1n) is 6.29. The van der Waals surface area contributed by atoms with Crippen LogP contribution in [0.5, 0.6) is 5.75 Å². The minimum absolute atomic E-state index is 0.0205. The Kier molecular flexibility index (Phi) is 5.30. The van der Waals surface area contributed by atoms with Crippen molar-refractivity contribution < 1.29 is 13.9 Å². The maximum atomic E-state index is 13.6. The molecule has 0 bridgehead atoms. The van der Waals surface area contributed by atoms with Crippen molar-refractivity contribution in [2.75, 3.05) is 18.5 Å². The molecule has 4 nitrogen and oxygen atoms in total. The van der Waals surface area contributed by atoms with E-state index in [-0.39, 0.29) is 5.56 Å². The molecule has 110 valence electrons. The van der Waals surface area contributed by atoms with Gasteiger partial charge in [-0.15, -0.1) is 0 Å². The summed E-state index contributed by atoms with van der Waals surface area (Å²) in [6.45, 7) is 0.857. The van der Waals surface area contributed by atoms with Crippen molar-refractivity contribution >= 4 is 27.5 Å². The summed E-state index contributed by atoms with van der Waals surface area (Å²) in [6.07, 6.45) is 0. The number of hydrogen-bond acceptors (Lipinski definition) is 3. The van der Waals surface area contributed by atoms with E-state index < -0.39 is 11.7 Å². The number of benzene rings is 2. The molecule has 0 radical (unpaired) electrons. The molecule has 0 spiro atoms. The van der Waals surface area contributed by atoms with Crippen molar-refractivity contribution in [3.8, 4) is 5.75 Å². The van der Waals surface area contributed by atoms with E-state index in [2.05, 4.69) is 21.2 Å². The van der Waals surface area contributed by atoms with Gasteiger partial charge in [0.2, 0.25) is 0 Å². The molecule has 2 aromatic rings. The van der Waals surface area contributed by atoms with Crippen molar-refractivity contribution in [3.63, 3.8) is 0 Å². The van der Waals surface area contributed by atoms with E-state index >= 15 is 0 Å². The summed E-state index contributed by atoms with van der Waals surface area (Å²) in [4.78, 5) is 12.0. The first-order chi connectivity index (χ1) is 10.1. The Hall–Kier alpha value is -1.92. The highest BCUT2D eigenvalue weighted by atomic mass is 79.9. The van der Waals surface area contributed by atoms with Crippen molar-refractivity contribution in [3.05, 3.63) is 58.3 Å². The zero-order valence-corrected chi connectivity index (χ0v) is 12.7. The van der Waals surface area contributed by atoms with Crippen LogP contribution >= 0.6 is 15.9 Å². The minimum Gasteiger partial charge on any atom is -0.492 e. The van der Waals surface area contributed by atoms with Gasteiger partial charge in [0.1, 0.15) is 18.2 Å². The summed E-state index contributed by atoms with van der Waals surface area (Å²) in [5.74, 6) is -0.421.